The van der Waals surface area contributed by atoms with Crippen LogP contribution in [0.5, 0.6) is 0 Å². The number of carbonyl (C=O) groups excluding carboxylic acids is 2. The Morgan fingerprint density at radius 2 is 1.62 bits per heavy atom. The molecular weight excluding hydrogens is 350 g/mol. The normalized spacial score (nSPS) is 15.5. The maximum Gasteiger partial charge on any atom is 0.333 e. The standard InChI is InChI=1S/C20H20ClN3O2/c1-3-23(4-2)16-9-5-14(6-10-16)13-18-19(25)24(20(26)22-18)17-11-7-15(21)8-12-17/h5-13H,3-4H2,1-2H3,(H,22,26)/b18-13+. The van der Waals surface area contributed by atoms with Gasteiger partial charge in [0.25, 0.3) is 5.91 Å². The minimum Gasteiger partial charge on any atom is -0.372 e. The Morgan fingerprint density at radius 1 is 1.00 bits per heavy atom. The molecule has 1 aliphatic rings. The lowest BCUT2D eigenvalue weighted by Gasteiger charge is -2.20. The number of amides is 3. The summed E-state index contributed by atoms with van der Waals surface area (Å²) >= 11 is 5.86. The molecule has 134 valence electrons. The average Bonchev–Trinajstić information content (AvgIpc) is 2.92. The summed E-state index contributed by atoms with van der Waals surface area (Å²) in [6.45, 7) is 6.08. The lowest BCUT2D eigenvalue weighted by atomic mass is 10.1. The number of nitrogens with one attached hydrogen (secondary N) is 1. The fourth-order valence-corrected chi connectivity index (χ4v) is 3.02. The van der Waals surface area contributed by atoms with Gasteiger partial charge in [0, 0.05) is 23.8 Å². The van der Waals surface area contributed by atoms with E-state index in [0.717, 1.165) is 29.2 Å². The van der Waals surface area contributed by atoms with Gasteiger partial charge < -0.3 is 10.2 Å². The number of imide groups is 1. The van der Waals surface area contributed by atoms with Gasteiger partial charge in [-0.1, -0.05) is 23.7 Å². The van der Waals surface area contributed by atoms with E-state index in [2.05, 4.69) is 24.1 Å². The molecule has 2 aromatic rings. The van der Waals surface area contributed by atoms with Crippen LogP contribution in [-0.4, -0.2) is 25.0 Å². The zero-order valence-electron chi connectivity index (χ0n) is 14.7. The second kappa shape index (κ2) is 7.62. The zero-order valence-corrected chi connectivity index (χ0v) is 15.5. The fraction of sp³-hybridized carbons (Fsp3) is 0.200. The third-order valence-corrected chi connectivity index (χ3v) is 4.55. The third-order valence-electron chi connectivity index (χ3n) is 4.30. The molecule has 1 saturated heterocycles. The quantitative estimate of drug-likeness (QED) is 0.632. The van der Waals surface area contributed by atoms with Crippen molar-refractivity contribution in [2.45, 2.75) is 13.8 Å². The lowest BCUT2D eigenvalue weighted by molar-refractivity contribution is -0.113. The highest BCUT2D eigenvalue weighted by Gasteiger charge is 2.34. The van der Waals surface area contributed by atoms with Gasteiger partial charge >= 0.3 is 6.03 Å². The molecule has 2 aromatic carbocycles. The minimum absolute atomic E-state index is 0.250. The van der Waals surface area contributed by atoms with Crippen molar-refractivity contribution in [3.8, 4) is 0 Å². The molecule has 0 bridgehead atoms. The van der Waals surface area contributed by atoms with Crippen molar-refractivity contribution < 1.29 is 9.59 Å². The first-order chi connectivity index (χ1) is 12.5. The second-order valence-electron chi connectivity index (χ2n) is 5.87. The van der Waals surface area contributed by atoms with E-state index in [0.29, 0.717) is 10.7 Å². The molecule has 0 aromatic heterocycles. The Morgan fingerprint density at radius 3 is 2.19 bits per heavy atom. The molecule has 1 fully saturated rings. The first-order valence-electron chi connectivity index (χ1n) is 8.51. The molecule has 3 amide bonds. The number of nitrogens with zero attached hydrogens (tertiary/aromatic N) is 2. The van der Waals surface area contributed by atoms with Crippen molar-refractivity contribution in [3.05, 3.63) is 64.8 Å². The molecule has 0 atom stereocenters. The lowest BCUT2D eigenvalue weighted by Crippen LogP contribution is -2.30. The summed E-state index contributed by atoms with van der Waals surface area (Å²) in [5.74, 6) is -0.384. The molecular formula is C20H20ClN3O2. The van der Waals surface area contributed by atoms with E-state index >= 15 is 0 Å². The van der Waals surface area contributed by atoms with Gasteiger partial charge in [-0.25, -0.2) is 9.69 Å². The van der Waals surface area contributed by atoms with Crippen molar-refractivity contribution in [1.29, 1.82) is 0 Å². The van der Waals surface area contributed by atoms with Gasteiger partial charge in [0.1, 0.15) is 5.70 Å². The predicted molar refractivity (Wildman–Crippen MR) is 105 cm³/mol. The monoisotopic (exact) mass is 369 g/mol. The number of hydrogen-bond acceptors (Lipinski definition) is 3. The molecule has 0 unspecified atom stereocenters. The number of anilines is 2. The number of hydrogen-bond donors (Lipinski definition) is 1. The second-order valence-corrected chi connectivity index (χ2v) is 6.31. The first kappa shape index (κ1) is 18.0. The maximum absolute atomic E-state index is 12.6. The molecule has 1 aliphatic heterocycles. The van der Waals surface area contributed by atoms with E-state index in [-0.39, 0.29) is 11.6 Å². The molecule has 0 spiro atoms. The summed E-state index contributed by atoms with van der Waals surface area (Å²) in [7, 11) is 0. The third kappa shape index (κ3) is 3.58. The van der Waals surface area contributed by atoms with Crippen LogP contribution >= 0.6 is 11.6 Å². The van der Waals surface area contributed by atoms with Gasteiger partial charge in [-0.15, -0.1) is 0 Å². The van der Waals surface area contributed by atoms with Crippen molar-refractivity contribution in [2.24, 2.45) is 0 Å². The molecule has 1 heterocycles. The summed E-state index contributed by atoms with van der Waals surface area (Å²) < 4.78 is 0. The van der Waals surface area contributed by atoms with E-state index in [1.807, 2.05) is 24.3 Å². The summed E-state index contributed by atoms with van der Waals surface area (Å²) in [5, 5.41) is 3.18. The van der Waals surface area contributed by atoms with E-state index in [4.69, 9.17) is 11.6 Å². The SMILES string of the molecule is CCN(CC)c1ccc(/C=C2/NC(=O)N(c3ccc(Cl)cc3)C2=O)cc1. The number of rotatable bonds is 5. The molecule has 26 heavy (non-hydrogen) atoms. The van der Waals surface area contributed by atoms with Crippen molar-refractivity contribution in [2.75, 3.05) is 22.9 Å². The predicted octanol–water partition coefficient (Wildman–Crippen LogP) is 4.28. The van der Waals surface area contributed by atoms with Crippen LogP contribution < -0.4 is 15.1 Å². The number of halogens is 1. The molecule has 0 saturated carbocycles. The van der Waals surface area contributed by atoms with Crippen LogP contribution in [0.1, 0.15) is 19.4 Å². The Kier molecular flexibility index (Phi) is 5.28. The molecule has 5 nitrogen and oxygen atoms in total. The Labute approximate surface area is 157 Å². The Hall–Kier alpha value is -2.79. The highest BCUT2D eigenvalue weighted by Crippen LogP contribution is 2.24. The van der Waals surface area contributed by atoms with Crippen molar-refractivity contribution in [1.82, 2.24) is 5.32 Å². The van der Waals surface area contributed by atoms with Gasteiger partial charge in [0.15, 0.2) is 0 Å². The molecule has 0 aliphatic carbocycles. The number of benzene rings is 2. The zero-order chi connectivity index (χ0) is 18.7. The van der Waals surface area contributed by atoms with Gasteiger partial charge in [-0.3, -0.25) is 4.79 Å². The fourth-order valence-electron chi connectivity index (χ4n) is 2.90. The van der Waals surface area contributed by atoms with Crippen LogP contribution in [-0.2, 0) is 4.79 Å². The van der Waals surface area contributed by atoms with Crippen LogP contribution in [0.25, 0.3) is 6.08 Å². The van der Waals surface area contributed by atoms with Crippen LogP contribution in [0.3, 0.4) is 0 Å². The smallest absolute Gasteiger partial charge is 0.333 e. The Balaban J connectivity index is 1.82. The van der Waals surface area contributed by atoms with Crippen LogP contribution in [0.4, 0.5) is 16.2 Å². The highest BCUT2D eigenvalue weighted by molar-refractivity contribution is 6.31. The Bertz CT molecular complexity index is 840. The summed E-state index contributed by atoms with van der Waals surface area (Å²) in [6.07, 6.45) is 1.68. The van der Waals surface area contributed by atoms with E-state index in [1.54, 1.807) is 30.3 Å². The van der Waals surface area contributed by atoms with Crippen molar-refractivity contribution in [3.63, 3.8) is 0 Å². The van der Waals surface area contributed by atoms with E-state index < -0.39 is 6.03 Å². The van der Waals surface area contributed by atoms with Crippen LogP contribution in [0.15, 0.2) is 54.2 Å². The summed E-state index contributed by atoms with van der Waals surface area (Å²) in [5.41, 5.74) is 2.71. The van der Waals surface area contributed by atoms with E-state index in [1.165, 1.54) is 0 Å². The topological polar surface area (TPSA) is 52.7 Å². The number of carbonyl (C=O) groups is 2. The van der Waals surface area contributed by atoms with E-state index in [9.17, 15) is 9.59 Å². The van der Waals surface area contributed by atoms with Gasteiger partial charge in [-0.2, -0.15) is 0 Å². The molecule has 3 rings (SSSR count). The van der Waals surface area contributed by atoms with Crippen molar-refractivity contribution >= 4 is 41.0 Å². The summed E-state index contributed by atoms with van der Waals surface area (Å²) in [4.78, 5) is 28.2. The molecule has 1 N–H and O–H groups in total. The molecule has 6 heteroatoms. The minimum atomic E-state index is -0.469. The average molecular weight is 370 g/mol. The maximum atomic E-state index is 12.6. The summed E-state index contributed by atoms with van der Waals surface area (Å²) in [6, 6.07) is 14.0. The van der Waals surface area contributed by atoms with Crippen LogP contribution in [0.2, 0.25) is 5.02 Å². The van der Waals surface area contributed by atoms with Gasteiger partial charge in [0.2, 0.25) is 0 Å². The van der Waals surface area contributed by atoms with Gasteiger partial charge in [-0.05, 0) is 61.9 Å². The number of urea groups is 1. The highest BCUT2D eigenvalue weighted by atomic mass is 35.5. The molecule has 0 radical (unpaired) electrons. The van der Waals surface area contributed by atoms with Gasteiger partial charge in [0.05, 0.1) is 5.69 Å². The largest absolute Gasteiger partial charge is 0.372 e. The van der Waals surface area contributed by atoms with Crippen LogP contribution in [0, 0.1) is 0 Å². The first-order valence-corrected chi connectivity index (χ1v) is 8.89.